The lowest BCUT2D eigenvalue weighted by molar-refractivity contribution is -0.216. The van der Waals surface area contributed by atoms with E-state index in [2.05, 4.69) is 5.32 Å². The molecule has 0 saturated heterocycles. The summed E-state index contributed by atoms with van der Waals surface area (Å²) >= 11 is 0. The predicted molar refractivity (Wildman–Crippen MR) is 77.4 cm³/mol. The van der Waals surface area contributed by atoms with Crippen molar-refractivity contribution in [1.82, 2.24) is 5.32 Å². The molecule has 1 saturated carbocycles. The number of carbonyl (C=O) groups is 1. The summed E-state index contributed by atoms with van der Waals surface area (Å²) in [6.07, 6.45) is 1.09. The maximum atomic E-state index is 14.1. The Bertz CT molecular complexity index is 503. The molecule has 22 heavy (non-hydrogen) atoms. The van der Waals surface area contributed by atoms with Crippen molar-refractivity contribution < 1.29 is 23.8 Å². The first-order chi connectivity index (χ1) is 10.4. The maximum Gasteiger partial charge on any atom is 0.352 e. The molecule has 0 radical (unpaired) electrons. The molecule has 6 heteroatoms. The monoisotopic (exact) mass is 313 g/mol. The first-order valence-corrected chi connectivity index (χ1v) is 7.48. The van der Waals surface area contributed by atoms with Crippen LogP contribution in [0.25, 0.3) is 0 Å². The fraction of sp³-hybridized carbons (Fsp3) is 0.562. The maximum absolute atomic E-state index is 14.1. The van der Waals surface area contributed by atoms with Crippen molar-refractivity contribution in [3.8, 4) is 0 Å². The highest BCUT2D eigenvalue weighted by Crippen LogP contribution is 2.44. The van der Waals surface area contributed by atoms with Gasteiger partial charge < -0.3 is 15.5 Å². The van der Waals surface area contributed by atoms with Crippen LogP contribution in [0.5, 0.6) is 0 Å². The summed E-state index contributed by atoms with van der Waals surface area (Å²) in [6, 6.07) is 8.16. The van der Waals surface area contributed by atoms with Gasteiger partial charge in [0.2, 0.25) is 0 Å². The highest BCUT2D eigenvalue weighted by Gasteiger charge is 2.61. The Kier molecular flexibility index (Phi) is 5.13. The lowest BCUT2D eigenvalue weighted by atomic mass is 9.75. The van der Waals surface area contributed by atoms with Crippen molar-refractivity contribution in [3.05, 3.63) is 35.9 Å². The number of carbonyl (C=O) groups excluding carboxylic acids is 1. The summed E-state index contributed by atoms with van der Waals surface area (Å²) in [4.78, 5) is 12.0. The first-order valence-electron chi connectivity index (χ1n) is 7.48. The van der Waals surface area contributed by atoms with Gasteiger partial charge in [0.25, 0.3) is 5.91 Å². The van der Waals surface area contributed by atoms with E-state index >= 15 is 0 Å². The Labute approximate surface area is 128 Å². The molecule has 1 aromatic carbocycles. The molecule has 1 unspecified atom stereocenters. The van der Waals surface area contributed by atoms with Crippen LogP contribution in [0, 0.1) is 0 Å². The molecule has 4 nitrogen and oxygen atoms in total. The Morgan fingerprint density at radius 3 is 2.45 bits per heavy atom. The molecule has 1 aromatic rings. The molecule has 1 fully saturated rings. The number of amides is 1. The molecule has 1 atom stereocenters. The molecule has 3 N–H and O–H groups in total. The number of rotatable bonds is 7. The third-order valence-corrected chi connectivity index (χ3v) is 4.21. The Balaban J connectivity index is 2.11. The zero-order valence-corrected chi connectivity index (χ0v) is 12.3. The first kappa shape index (κ1) is 16.8. The van der Waals surface area contributed by atoms with E-state index in [9.17, 15) is 18.7 Å². The average molecular weight is 313 g/mol. The second-order valence-electron chi connectivity index (χ2n) is 5.76. The number of halogens is 2. The molecule has 122 valence electrons. The number of aliphatic hydroxyl groups excluding tert-OH is 1. The largest absolute Gasteiger partial charge is 0.396 e. The van der Waals surface area contributed by atoms with Crippen LogP contribution in [-0.2, 0) is 4.79 Å². The van der Waals surface area contributed by atoms with Crippen LogP contribution < -0.4 is 5.32 Å². The molecular weight excluding hydrogens is 292 g/mol. The average Bonchev–Trinajstić information content (AvgIpc) is 2.49. The highest BCUT2D eigenvalue weighted by molar-refractivity contribution is 5.85. The minimum absolute atomic E-state index is 0.0694. The third-order valence-electron chi connectivity index (χ3n) is 4.21. The van der Waals surface area contributed by atoms with Crippen LogP contribution in [0.15, 0.2) is 30.3 Å². The Morgan fingerprint density at radius 2 is 1.95 bits per heavy atom. The van der Waals surface area contributed by atoms with Gasteiger partial charge in [-0.05, 0) is 37.7 Å². The minimum atomic E-state index is -3.81. The SMILES string of the molecule is O=C(NC(CCCO)c1ccccc1)C(F)(F)C1(O)CCC1. The van der Waals surface area contributed by atoms with Crippen LogP contribution in [0.1, 0.15) is 43.7 Å². The van der Waals surface area contributed by atoms with Crippen molar-refractivity contribution in [3.63, 3.8) is 0 Å². The summed E-state index contributed by atoms with van der Waals surface area (Å²) < 4.78 is 28.3. The molecule has 1 aliphatic carbocycles. The van der Waals surface area contributed by atoms with Crippen LogP contribution in [0.3, 0.4) is 0 Å². The van der Waals surface area contributed by atoms with Crippen molar-refractivity contribution >= 4 is 5.91 Å². The molecule has 0 aliphatic heterocycles. The van der Waals surface area contributed by atoms with Gasteiger partial charge in [-0.25, -0.2) is 0 Å². The molecule has 0 heterocycles. The molecule has 0 spiro atoms. The van der Waals surface area contributed by atoms with E-state index in [0.717, 1.165) is 0 Å². The van der Waals surface area contributed by atoms with Gasteiger partial charge in [0.05, 0.1) is 6.04 Å². The standard InChI is InChI=1S/C16H21F2NO3/c17-16(18,15(22)9-5-10-15)14(21)19-13(8-4-11-20)12-6-2-1-3-7-12/h1-3,6-7,13,20,22H,4-5,8-11H2,(H,19,21). The topological polar surface area (TPSA) is 69.6 Å². The van der Waals surface area contributed by atoms with Gasteiger partial charge in [0.1, 0.15) is 5.60 Å². The lowest BCUT2D eigenvalue weighted by Crippen LogP contribution is -2.61. The summed E-state index contributed by atoms with van der Waals surface area (Å²) in [7, 11) is 0. The van der Waals surface area contributed by atoms with E-state index in [0.29, 0.717) is 24.8 Å². The summed E-state index contributed by atoms with van der Waals surface area (Å²) in [5.41, 5.74) is -1.53. The highest BCUT2D eigenvalue weighted by atomic mass is 19.3. The van der Waals surface area contributed by atoms with Gasteiger partial charge in [0, 0.05) is 6.61 Å². The zero-order valence-electron chi connectivity index (χ0n) is 12.3. The van der Waals surface area contributed by atoms with Gasteiger partial charge in [-0.15, -0.1) is 0 Å². The van der Waals surface area contributed by atoms with Gasteiger partial charge in [-0.1, -0.05) is 30.3 Å². The van der Waals surface area contributed by atoms with Crippen LogP contribution in [0.2, 0.25) is 0 Å². The van der Waals surface area contributed by atoms with Gasteiger partial charge in [0.15, 0.2) is 0 Å². The number of hydrogen-bond acceptors (Lipinski definition) is 3. The summed E-state index contributed by atoms with van der Waals surface area (Å²) in [6.45, 7) is -0.0838. The van der Waals surface area contributed by atoms with Crippen molar-refractivity contribution in [2.45, 2.75) is 49.7 Å². The predicted octanol–water partition coefficient (Wildman–Crippen LogP) is 2.17. The number of hydrogen-bond donors (Lipinski definition) is 3. The van der Waals surface area contributed by atoms with E-state index in [1.165, 1.54) is 0 Å². The summed E-state index contributed by atoms with van der Waals surface area (Å²) in [5.74, 6) is -5.26. The Hall–Kier alpha value is -1.53. The van der Waals surface area contributed by atoms with Crippen molar-refractivity contribution in [2.24, 2.45) is 0 Å². The van der Waals surface area contributed by atoms with Gasteiger partial charge in [-0.3, -0.25) is 4.79 Å². The van der Waals surface area contributed by atoms with Crippen LogP contribution in [-0.4, -0.2) is 34.3 Å². The van der Waals surface area contributed by atoms with E-state index in [4.69, 9.17) is 5.11 Å². The fourth-order valence-corrected chi connectivity index (χ4v) is 2.59. The number of aliphatic hydroxyl groups is 2. The second-order valence-corrected chi connectivity index (χ2v) is 5.76. The molecule has 2 rings (SSSR count). The number of benzene rings is 1. The molecule has 0 aromatic heterocycles. The summed E-state index contributed by atoms with van der Waals surface area (Å²) in [5, 5.41) is 21.1. The molecular formula is C16H21F2NO3. The lowest BCUT2D eigenvalue weighted by Gasteiger charge is -2.41. The number of alkyl halides is 2. The van der Waals surface area contributed by atoms with E-state index in [1.807, 2.05) is 0 Å². The Morgan fingerprint density at radius 1 is 1.32 bits per heavy atom. The van der Waals surface area contributed by atoms with E-state index in [-0.39, 0.29) is 19.4 Å². The molecule has 0 bridgehead atoms. The quantitative estimate of drug-likeness (QED) is 0.722. The van der Waals surface area contributed by atoms with Crippen LogP contribution >= 0.6 is 0 Å². The third kappa shape index (κ3) is 3.28. The minimum Gasteiger partial charge on any atom is -0.396 e. The fourth-order valence-electron chi connectivity index (χ4n) is 2.59. The normalized spacial score (nSPS) is 18.4. The van der Waals surface area contributed by atoms with Gasteiger partial charge >= 0.3 is 5.92 Å². The van der Waals surface area contributed by atoms with E-state index < -0.39 is 23.5 Å². The molecule has 1 amide bonds. The van der Waals surface area contributed by atoms with Gasteiger partial charge in [-0.2, -0.15) is 8.78 Å². The smallest absolute Gasteiger partial charge is 0.352 e. The molecule has 1 aliphatic rings. The zero-order chi connectivity index (χ0) is 16.2. The van der Waals surface area contributed by atoms with Crippen LogP contribution in [0.4, 0.5) is 8.78 Å². The number of nitrogens with one attached hydrogen (secondary N) is 1. The van der Waals surface area contributed by atoms with E-state index in [1.54, 1.807) is 30.3 Å². The van der Waals surface area contributed by atoms with Crippen molar-refractivity contribution in [2.75, 3.05) is 6.61 Å². The second kappa shape index (κ2) is 6.71. The van der Waals surface area contributed by atoms with Crippen molar-refractivity contribution in [1.29, 1.82) is 0 Å².